The number of rotatable bonds is 7. The SMILES string of the molecule is CC(C)(C)OC(=O)NC[C@H](COc1ccc(C#N)cc1)CS(=O)(=O)O. The first-order valence-corrected chi connectivity index (χ1v) is 9.14. The molecular weight excluding hydrogens is 348 g/mol. The van der Waals surface area contributed by atoms with Crippen molar-refractivity contribution in [3.63, 3.8) is 0 Å². The number of nitrogens with one attached hydrogen (secondary N) is 1. The van der Waals surface area contributed by atoms with E-state index in [1.165, 1.54) is 0 Å². The minimum atomic E-state index is -4.24. The van der Waals surface area contributed by atoms with Gasteiger partial charge in [-0.2, -0.15) is 13.7 Å². The first kappa shape index (κ1) is 20.7. The molecule has 0 heterocycles. The fourth-order valence-electron chi connectivity index (χ4n) is 1.85. The fraction of sp³-hybridized carbons (Fsp3) is 0.500. The van der Waals surface area contributed by atoms with E-state index in [1.54, 1.807) is 45.0 Å². The normalized spacial score (nSPS) is 12.8. The van der Waals surface area contributed by atoms with E-state index < -0.39 is 33.5 Å². The molecule has 1 rings (SSSR count). The highest BCUT2D eigenvalue weighted by molar-refractivity contribution is 7.85. The van der Waals surface area contributed by atoms with E-state index in [2.05, 4.69) is 5.32 Å². The van der Waals surface area contributed by atoms with E-state index in [-0.39, 0.29) is 13.2 Å². The van der Waals surface area contributed by atoms with Crippen LogP contribution in [-0.2, 0) is 14.9 Å². The van der Waals surface area contributed by atoms with Gasteiger partial charge in [-0.05, 0) is 45.0 Å². The molecule has 1 aromatic rings. The molecule has 0 aromatic heterocycles. The zero-order chi connectivity index (χ0) is 19.1. The third kappa shape index (κ3) is 9.54. The van der Waals surface area contributed by atoms with Crippen LogP contribution in [0.15, 0.2) is 24.3 Å². The average Bonchev–Trinajstić information content (AvgIpc) is 2.47. The number of amides is 1. The second-order valence-electron chi connectivity index (χ2n) is 6.44. The molecule has 1 aromatic carbocycles. The summed E-state index contributed by atoms with van der Waals surface area (Å²) >= 11 is 0. The number of nitrogens with zero attached hydrogens (tertiary/aromatic N) is 1. The Morgan fingerprint density at radius 3 is 2.40 bits per heavy atom. The Bertz CT molecular complexity index is 716. The average molecular weight is 370 g/mol. The number of hydrogen-bond acceptors (Lipinski definition) is 6. The van der Waals surface area contributed by atoms with Crippen molar-refractivity contribution in [2.24, 2.45) is 5.92 Å². The molecule has 1 atom stereocenters. The van der Waals surface area contributed by atoms with E-state index >= 15 is 0 Å². The van der Waals surface area contributed by atoms with Crippen LogP contribution in [0.5, 0.6) is 5.75 Å². The van der Waals surface area contributed by atoms with Crippen LogP contribution in [0.4, 0.5) is 4.79 Å². The number of alkyl carbamates (subject to hydrolysis) is 1. The number of benzene rings is 1. The van der Waals surface area contributed by atoms with E-state index in [0.29, 0.717) is 11.3 Å². The van der Waals surface area contributed by atoms with E-state index in [1.807, 2.05) is 6.07 Å². The molecule has 138 valence electrons. The van der Waals surface area contributed by atoms with Crippen molar-refractivity contribution >= 4 is 16.2 Å². The van der Waals surface area contributed by atoms with Gasteiger partial charge in [-0.15, -0.1) is 0 Å². The van der Waals surface area contributed by atoms with Crippen LogP contribution >= 0.6 is 0 Å². The second kappa shape index (κ2) is 8.69. The lowest BCUT2D eigenvalue weighted by molar-refractivity contribution is 0.0516. The minimum absolute atomic E-state index is 0.0506. The maximum Gasteiger partial charge on any atom is 0.407 e. The molecule has 9 heteroatoms. The number of nitriles is 1. The second-order valence-corrected chi connectivity index (χ2v) is 7.94. The summed E-state index contributed by atoms with van der Waals surface area (Å²) in [5.74, 6) is -0.811. The molecule has 0 bridgehead atoms. The molecule has 0 aliphatic heterocycles. The first-order chi connectivity index (χ1) is 11.5. The molecule has 0 aliphatic carbocycles. The molecule has 1 amide bonds. The molecule has 0 aliphatic rings. The molecule has 0 saturated carbocycles. The van der Waals surface area contributed by atoms with Crippen molar-refractivity contribution < 1.29 is 27.2 Å². The number of ether oxygens (including phenoxy) is 2. The first-order valence-electron chi connectivity index (χ1n) is 7.53. The van der Waals surface area contributed by atoms with E-state index in [0.717, 1.165) is 0 Å². The summed E-state index contributed by atoms with van der Waals surface area (Å²) in [6.07, 6.45) is -0.689. The highest BCUT2D eigenvalue weighted by atomic mass is 32.2. The highest BCUT2D eigenvalue weighted by Crippen LogP contribution is 2.13. The summed E-state index contributed by atoms with van der Waals surface area (Å²) in [6, 6.07) is 8.24. The predicted octanol–water partition coefficient (Wildman–Crippen LogP) is 1.97. The molecule has 0 unspecified atom stereocenters. The van der Waals surface area contributed by atoms with Gasteiger partial charge in [0, 0.05) is 12.5 Å². The summed E-state index contributed by atoms with van der Waals surface area (Å²) in [4.78, 5) is 11.7. The van der Waals surface area contributed by atoms with E-state index in [4.69, 9.17) is 19.3 Å². The summed E-state index contributed by atoms with van der Waals surface area (Å²) < 4.78 is 41.8. The molecular formula is C16H22N2O6S. The Morgan fingerprint density at radius 1 is 1.32 bits per heavy atom. The van der Waals surface area contributed by atoms with Crippen LogP contribution < -0.4 is 10.1 Å². The van der Waals surface area contributed by atoms with Crippen LogP contribution in [0.3, 0.4) is 0 Å². The lowest BCUT2D eigenvalue weighted by Gasteiger charge is -2.21. The topological polar surface area (TPSA) is 126 Å². The van der Waals surface area contributed by atoms with Crippen LogP contribution in [0.1, 0.15) is 26.3 Å². The lowest BCUT2D eigenvalue weighted by Crippen LogP contribution is -2.38. The van der Waals surface area contributed by atoms with Crippen molar-refractivity contribution in [1.29, 1.82) is 5.26 Å². The molecule has 0 saturated heterocycles. The zero-order valence-corrected chi connectivity index (χ0v) is 15.2. The summed E-state index contributed by atoms with van der Waals surface area (Å²) in [5, 5.41) is 11.2. The van der Waals surface area contributed by atoms with Crippen LogP contribution in [0.2, 0.25) is 0 Å². The van der Waals surface area contributed by atoms with Gasteiger partial charge in [-0.3, -0.25) is 4.55 Å². The van der Waals surface area contributed by atoms with Gasteiger partial charge in [0.15, 0.2) is 0 Å². The van der Waals surface area contributed by atoms with Crippen LogP contribution in [0.25, 0.3) is 0 Å². The number of hydrogen-bond donors (Lipinski definition) is 2. The van der Waals surface area contributed by atoms with Crippen molar-refractivity contribution in [1.82, 2.24) is 5.32 Å². The van der Waals surface area contributed by atoms with Crippen molar-refractivity contribution in [2.75, 3.05) is 18.9 Å². The van der Waals surface area contributed by atoms with Gasteiger partial charge >= 0.3 is 6.09 Å². The molecule has 0 fully saturated rings. The van der Waals surface area contributed by atoms with Gasteiger partial charge < -0.3 is 14.8 Å². The summed E-state index contributed by atoms with van der Waals surface area (Å²) in [6.45, 7) is 5.01. The van der Waals surface area contributed by atoms with Gasteiger partial charge in [0.1, 0.15) is 11.4 Å². The molecule has 2 N–H and O–H groups in total. The largest absolute Gasteiger partial charge is 0.493 e. The smallest absolute Gasteiger partial charge is 0.407 e. The third-order valence-corrected chi connectivity index (χ3v) is 3.74. The van der Waals surface area contributed by atoms with Gasteiger partial charge in [0.2, 0.25) is 0 Å². The van der Waals surface area contributed by atoms with Gasteiger partial charge in [0.05, 0.1) is 24.0 Å². The Kier molecular flexibility index (Phi) is 7.21. The van der Waals surface area contributed by atoms with Crippen molar-refractivity contribution in [3.8, 4) is 11.8 Å². The Balaban J connectivity index is 2.63. The van der Waals surface area contributed by atoms with Gasteiger partial charge in [-0.25, -0.2) is 4.79 Å². The maximum absolute atomic E-state index is 11.7. The molecule has 8 nitrogen and oxygen atoms in total. The Morgan fingerprint density at radius 2 is 1.92 bits per heavy atom. The van der Waals surface area contributed by atoms with E-state index in [9.17, 15) is 13.2 Å². The Hall–Kier alpha value is -2.31. The van der Waals surface area contributed by atoms with Crippen LogP contribution in [-0.4, -0.2) is 43.6 Å². The third-order valence-electron chi connectivity index (χ3n) is 2.85. The maximum atomic E-state index is 11.7. The Labute approximate surface area is 147 Å². The van der Waals surface area contributed by atoms with Crippen molar-refractivity contribution in [2.45, 2.75) is 26.4 Å². The number of carbonyl (C=O) groups is 1. The quantitative estimate of drug-likeness (QED) is 0.703. The standard InChI is InChI=1S/C16H22N2O6S/c1-16(2,3)24-15(19)18-9-13(11-25(20,21)22)10-23-14-6-4-12(8-17)5-7-14/h4-7,13H,9-11H2,1-3H3,(H,18,19)(H,20,21,22)/t13-/m1/s1. The zero-order valence-electron chi connectivity index (χ0n) is 14.4. The minimum Gasteiger partial charge on any atom is -0.493 e. The lowest BCUT2D eigenvalue weighted by atomic mass is 10.2. The number of carbonyl (C=O) groups excluding carboxylic acids is 1. The summed E-state index contributed by atoms with van der Waals surface area (Å²) in [5.41, 5.74) is -0.213. The van der Waals surface area contributed by atoms with Gasteiger partial charge in [0.25, 0.3) is 10.1 Å². The molecule has 0 spiro atoms. The van der Waals surface area contributed by atoms with Crippen LogP contribution in [0, 0.1) is 17.2 Å². The molecule has 25 heavy (non-hydrogen) atoms. The van der Waals surface area contributed by atoms with Crippen molar-refractivity contribution in [3.05, 3.63) is 29.8 Å². The fourth-order valence-corrected chi connectivity index (χ4v) is 2.66. The molecule has 0 radical (unpaired) electrons. The predicted molar refractivity (Wildman–Crippen MR) is 90.8 cm³/mol. The highest BCUT2D eigenvalue weighted by Gasteiger charge is 2.21. The monoisotopic (exact) mass is 370 g/mol. The summed E-state index contributed by atoms with van der Waals surface area (Å²) in [7, 11) is -4.24. The van der Waals surface area contributed by atoms with Gasteiger partial charge in [-0.1, -0.05) is 0 Å².